The van der Waals surface area contributed by atoms with Crippen molar-refractivity contribution in [3.63, 3.8) is 0 Å². The molecule has 0 N–H and O–H groups in total. The van der Waals surface area contributed by atoms with Gasteiger partial charge in [0.1, 0.15) is 0 Å². The first-order valence-corrected chi connectivity index (χ1v) is 9.32. The SMILES string of the molecule is Cc1ccc(S(=O)(=O)N2[C@H](c3ccccc3)[C@H]2C(C)(C)C)cc1. The third-order valence-electron chi connectivity index (χ3n) is 4.38. The third-order valence-corrected chi connectivity index (χ3v) is 6.26. The minimum absolute atomic E-state index is 0.0174. The molecular formula is C19H23NO2S. The van der Waals surface area contributed by atoms with Gasteiger partial charge in [-0.25, -0.2) is 8.42 Å². The molecule has 4 heteroatoms. The number of aryl methyl sites for hydroxylation is 1. The van der Waals surface area contributed by atoms with Crippen molar-refractivity contribution in [2.45, 2.75) is 44.7 Å². The van der Waals surface area contributed by atoms with Gasteiger partial charge in [0.25, 0.3) is 0 Å². The summed E-state index contributed by atoms with van der Waals surface area (Å²) in [7, 11) is -3.48. The van der Waals surface area contributed by atoms with Crippen LogP contribution in [0.25, 0.3) is 0 Å². The molecule has 23 heavy (non-hydrogen) atoms. The predicted octanol–water partition coefficient (Wildman–Crippen LogP) is 4.16. The first-order chi connectivity index (χ1) is 10.7. The molecule has 1 saturated heterocycles. The van der Waals surface area contributed by atoms with E-state index >= 15 is 0 Å². The maximum absolute atomic E-state index is 13.1. The molecule has 0 amide bonds. The number of benzene rings is 2. The van der Waals surface area contributed by atoms with Crippen molar-refractivity contribution >= 4 is 10.0 Å². The summed E-state index contributed by atoms with van der Waals surface area (Å²) in [5, 5.41) is 0. The van der Waals surface area contributed by atoms with Gasteiger partial charge in [0.2, 0.25) is 10.0 Å². The summed E-state index contributed by atoms with van der Waals surface area (Å²) in [6.45, 7) is 8.24. The molecule has 3 nitrogen and oxygen atoms in total. The highest BCUT2D eigenvalue weighted by atomic mass is 32.2. The van der Waals surface area contributed by atoms with Crippen LogP contribution in [0, 0.1) is 12.3 Å². The molecular weight excluding hydrogens is 306 g/mol. The van der Waals surface area contributed by atoms with Crippen molar-refractivity contribution in [1.29, 1.82) is 0 Å². The fourth-order valence-electron chi connectivity index (χ4n) is 3.18. The summed E-state index contributed by atoms with van der Waals surface area (Å²) >= 11 is 0. The minimum Gasteiger partial charge on any atom is -0.207 e. The summed E-state index contributed by atoms with van der Waals surface area (Å²) in [5.74, 6) is 0. The van der Waals surface area contributed by atoms with Gasteiger partial charge >= 0.3 is 0 Å². The van der Waals surface area contributed by atoms with E-state index in [1.165, 1.54) is 0 Å². The molecule has 1 aliphatic rings. The largest absolute Gasteiger partial charge is 0.244 e. The lowest BCUT2D eigenvalue weighted by molar-refractivity contribution is 0.368. The van der Waals surface area contributed by atoms with E-state index < -0.39 is 10.0 Å². The van der Waals surface area contributed by atoms with Gasteiger partial charge in [0.05, 0.1) is 17.0 Å². The van der Waals surface area contributed by atoms with Crippen molar-refractivity contribution in [3.05, 3.63) is 65.7 Å². The summed E-state index contributed by atoms with van der Waals surface area (Å²) in [6, 6.07) is 16.9. The van der Waals surface area contributed by atoms with Crippen LogP contribution < -0.4 is 0 Å². The molecule has 1 unspecified atom stereocenters. The molecule has 122 valence electrons. The third kappa shape index (κ3) is 2.93. The van der Waals surface area contributed by atoms with Gasteiger partial charge in [-0.1, -0.05) is 68.8 Å². The van der Waals surface area contributed by atoms with Gasteiger partial charge < -0.3 is 0 Å². The van der Waals surface area contributed by atoms with Gasteiger partial charge in [-0.15, -0.1) is 0 Å². The molecule has 1 heterocycles. The highest BCUT2D eigenvalue weighted by Crippen LogP contribution is 2.54. The zero-order chi connectivity index (χ0) is 16.8. The normalized spacial score (nSPS) is 24.4. The van der Waals surface area contributed by atoms with Crippen molar-refractivity contribution in [2.24, 2.45) is 5.41 Å². The lowest BCUT2D eigenvalue weighted by Crippen LogP contribution is -2.23. The molecule has 3 rings (SSSR count). The highest BCUT2D eigenvalue weighted by molar-refractivity contribution is 7.89. The Morgan fingerprint density at radius 3 is 2.00 bits per heavy atom. The quantitative estimate of drug-likeness (QED) is 0.793. The Morgan fingerprint density at radius 2 is 1.48 bits per heavy atom. The minimum atomic E-state index is -3.48. The van der Waals surface area contributed by atoms with Gasteiger partial charge in [0, 0.05) is 0 Å². The highest BCUT2D eigenvalue weighted by Gasteiger charge is 2.60. The van der Waals surface area contributed by atoms with E-state index in [4.69, 9.17) is 0 Å². The topological polar surface area (TPSA) is 37.1 Å². The summed E-state index contributed by atoms with van der Waals surface area (Å²) in [6.07, 6.45) is 0. The van der Waals surface area contributed by atoms with E-state index in [0.29, 0.717) is 4.90 Å². The average molecular weight is 329 g/mol. The monoisotopic (exact) mass is 329 g/mol. The van der Waals surface area contributed by atoms with Crippen LogP contribution in [0.2, 0.25) is 0 Å². The van der Waals surface area contributed by atoms with Gasteiger partial charge in [0.15, 0.2) is 0 Å². The molecule has 0 aromatic heterocycles. The molecule has 3 atom stereocenters. The lowest BCUT2D eigenvalue weighted by atomic mass is 9.88. The molecule has 0 bridgehead atoms. The van der Waals surface area contributed by atoms with E-state index in [-0.39, 0.29) is 17.5 Å². The molecule has 0 saturated carbocycles. The Bertz CT molecular complexity index is 790. The second-order valence-electron chi connectivity index (χ2n) is 7.31. The van der Waals surface area contributed by atoms with Crippen LogP contribution in [0.15, 0.2) is 59.5 Å². The standard InChI is InChI=1S/C19H23NO2S/c1-14-10-12-16(13-11-14)23(21,22)20-17(18(20)19(2,3)4)15-8-6-5-7-9-15/h5-13,17-18H,1-4H3/t17-,18+,20?/m1/s1. The van der Waals surface area contributed by atoms with Crippen LogP contribution in [0.4, 0.5) is 0 Å². The van der Waals surface area contributed by atoms with Crippen LogP contribution in [0.1, 0.15) is 37.9 Å². The first kappa shape index (κ1) is 16.2. The summed E-state index contributed by atoms with van der Waals surface area (Å²) < 4.78 is 27.8. The number of hydrogen-bond acceptors (Lipinski definition) is 2. The number of nitrogens with zero attached hydrogens (tertiary/aromatic N) is 1. The Balaban J connectivity index is 2.01. The molecule has 0 aliphatic carbocycles. The van der Waals surface area contributed by atoms with E-state index in [9.17, 15) is 8.42 Å². The number of hydrogen-bond donors (Lipinski definition) is 0. The zero-order valence-corrected chi connectivity index (χ0v) is 14.8. The second-order valence-corrected chi connectivity index (χ2v) is 9.16. The molecule has 0 radical (unpaired) electrons. The Morgan fingerprint density at radius 1 is 0.913 bits per heavy atom. The van der Waals surface area contributed by atoms with Crippen LogP contribution in [0.5, 0.6) is 0 Å². The first-order valence-electron chi connectivity index (χ1n) is 7.88. The Kier molecular flexibility index (Phi) is 3.85. The number of rotatable bonds is 3. The lowest BCUT2D eigenvalue weighted by Gasteiger charge is -2.18. The fraction of sp³-hybridized carbons (Fsp3) is 0.368. The molecule has 1 aliphatic heterocycles. The van der Waals surface area contributed by atoms with E-state index in [1.54, 1.807) is 16.4 Å². The van der Waals surface area contributed by atoms with Crippen molar-refractivity contribution in [1.82, 2.24) is 4.31 Å². The van der Waals surface area contributed by atoms with Crippen molar-refractivity contribution in [3.8, 4) is 0 Å². The van der Waals surface area contributed by atoms with E-state index in [2.05, 4.69) is 20.8 Å². The van der Waals surface area contributed by atoms with Crippen LogP contribution in [-0.2, 0) is 10.0 Å². The zero-order valence-electron chi connectivity index (χ0n) is 14.0. The maximum atomic E-state index is 13.1. The molecule has 1 fully saturated rings. The molecule has 2 aromatic carbocycles. The molecule has 0 spiro atoms. The second kappa shape index (κ2) is 5.46. The smallest absolute Gasteiger partial charge is 0.207 e. The predicted molar refractivity (Wildman–Crippen MR) is 92.6 cm³/mol. The Hall–Kier alpha value is -1.65. The van der Waals surface area contributed by atoms with Gasteiger partial charge in [-0.05, 0) is 30.0 Å². The number of sulfonamides is 1. The summed E-state index contributed by atoms with van der Waals surface area (Å²) in [5.41, 5.74) is 2.00. The van der Waals surface area contributed by atoms with Crippen molar-refractivity contribution in [2.75, 3.05) is 0 Å². The maximum Gasteiger partial charge on any atom is 0.244 e. The van der Waals surface area contributed by atoms with E-state index in [0.717, 1.165) is 11.1 Å². The van der Waals surface area contributed by atoms with Gasteiger partial charge in [-0.2, -0.15) is 4.31 Å². The average Bonchev–Trinajstić information content (AvgIpc) is 3.25. The van der Waals surface area contributed by atoms with Crippen LogP contribution >= 0.6 is 0 Å². The van der Waals surface area contributed by atoms with Crippen LogP contribution in [-0.4, -0.2) is 18.8 Å². The van der Waals surface area contributed by atoms with E-state index in [1.807, 2.05) is 49.4 Å². The van der Waals surface area contributed by atoms with Crippen molar-refractivity contribution < 1.29 is 8.42 Å². The molecule has 2 aromatic rings. The fourth-order valence-corrected chi connectivity index (χ4v) is 5.11. The van der Waals surface area contributed by atoms with Gasteiger partial charge in [-0.3, -0.25) is 0 Å². The summed E-state index contributed by atoms with van der Waals surface area (Å²) in [4.78, 5) is 0.371. The van der Waals surface area contributed by atoms with Crippen LogP contribution in [0.3, 0.4) is 0 Å². The Labute approximate surface area is 139 Å².